The van der Waals surface area contributed by atoms with Crippen LogP contribution >= 0.6 is 11.8 Å². The number of hydrogen-bond acceptors (Lipinski definition) is 5. The van der Waals surface area contributed by atoms with Crippen molar-refractivity contribution in [3.8, 4) is 5.75 Å². The standard InChI is InChI=1S/C27H32F2N2O2S/c1-33-22-6-8-27-25(16-22)24(9-11-30-27)26(29)7-5-19-10-12-31(17-20(19)18-32)13-14-34-23-4-2-3-21(28)15-23/h2-4,6,8-9,11,15-16,19-20,26,32H,5,7,10,12-14,17-18H2,1H3/t19-,20-,26+/m1/s1. The zero-order chi connectivity index (χ0) is 23.9. The van der Waals surface area contributed by atoms with Crippen LogP contribution in [0, 0.1) is 17.7 Å². The maximum atomic E-state index is 15.3. The third-order valence-electron chi connectivity index (χ3n) is 6.79. The number of hydrogen-bond donors (Lipinski definition) is 1. The number of methoxy groups -OCH3 is 1. The van der Waals surface area contributed by atoms with E-state index in [1.807, 2.05) is 24.3 Å². The van der Waals surface area contributed by atoms with E-state index in [9.17, 15) is 9.50 Å². The summed E-state index contributed by atoms with van der Waals surface area (Å²) in [6, 6.07) is 14.0. The summed E-state index contributed by atoms with van der Waals surface area (Å²) in [5.41, 5.74) is 1.41. The molecular formula is C27H32F2N2O2S. The number of ether oxygens (including phenoxy) is 1. The summed E-state index contributed by atoms with van der Waals surface area (Å²) in [4.78, 5) is 7.64. The summed E-state index contributed by atoms with van der Waals surface area (Å²) < 4.78 is 34.0. The van der Waals surface area contributed by atoms with E-state index in [-0.39, 0.29) is 18.3 Å². The first-order valence-electron chi connectivity index (χ1n) is 11.9. The first-order chi connectivity index (χ1) is 16.6. The second-order valence-corrected chi connectivity index (χ2v) is 10.1. The first-order valence-corrected chi connectivity index (χ1v) is 12.8. The Bertz CT molecular complexity index is 1080. The van der Waals surface area contributed by atoms with E-state index in [0.717, 1.165) is 54.0 Å². The van der Waals surface area contributed by atoms with Gasteiger partial charge >= 0.3 is 0 Å². The predicted molar refractivity (Wildman–Crippen MR) is 134 cm³/mol. The lowest BCUT2D eigenvalue weighted by Gasteiger charge is -2.38. The Morgan fingerprint density at radius 2 is 2.09 bits per heavy atom. The van der Waals surface area contributed by atoms with E-state index in [2.05, 4.69) is 9.88 Å². The van der Waals surface area contributed by atoms with Gasteiger partial charge in [0, 0.05) is 41.9 Å². The van der Waals surface area contributed by atoms with Gasteiger partial charge in [0.25, 0.3) is 0 Å². The predicted octanol–water partition coefficient (Wildman–Crippen LogP) is 5.90. The number of aliphatic hydroxyl groups excluding tert-OH is 1. The van der Waals surface area contributed by atoms with Crippen molar-refractivity contribution in [1.82, 2.24) is 9.88 Å². The number of halogens is 2. The van der Waals surface area contributed by atoms with Gasteiger partial charge in [-0.1, -0.05) is 6.07 Å². The van der Waals surface area contributed by atoms with Crippen LogP contribution in [0.1, 0.15) is 31.0 Å². The Morgan fingerprint density at radius 3 is 2.88 bits per heavy atom. The molecule has 1 fully saturated rings. The molecule has 0 unspecified atom stereocenters. The van der Waals surface area contributed by atoms with Crippen molar-refractivity contribution in [3.05, 3.63) is 66.1 Å². The number of aliphatic hydroxyl groups is 1. The van der Waals surface area contributed by atoms with Crippen molar-refractivity contribution >= 4 is 22.7 Å². The Labute approximate surface area is 204 Å². The summed E-state index contributed by atoms with van der Waals surface area (Å²) in [7, 11) is 1.60. The van der Waals surface area contributed by atoms with Crippen LogP contribution in [0.2, 0.25) is 0 Å². The number of nitrogens with zero attached hydrogens (tertiary/aromatic N) is 2. The summed E-state index contributed by atoms with van der Waals surface area (Å²) in [5, 5.41) is 10.8. The van der Waals surface area contributed by atoms with Gasteiger partial charge in [-0.3, -0.25) is 4.98 Å². The highest BCUT2D eigenvalue weighted by Gasteiger charge is 2.29. The van der Waals surface area contributed by atoms with Crippen molar-refractivity contribution < 1.29 is 18.6 Å². The highest BCUT2D eigenvalue weighted by atomic mass is 32.2. The summed E-state index contributed by atoms with van der Waals surface area (Å²) in [6.07, 6.45) is 2.69. The van der Waals surface area contributed by atoms with Crippen LogP contribution in [0.15, 0.2) is 59.6 Å². The van der Waals surface area contributed by atoms with Gasteiger partial charge in [-0.05, 0) is 85.7 Å². The smallest absolute Gasteiger partial charge is 0.126 e. The van der Waals surface area contributed by atoms with Crippen LogP contribution in [0.25, 0.3) is 10.9 Å². The molecule has 1 aliphatic rings. The maximum absolute atomic E-state index is 15.3. The number of rotatable bonds is 10. The number of thioether (sulfide) groups is 1. The molecule has 2 aromatic carbocycles. The van der Waals surface area contributed by atoms with Crippen LogP contribution < -0.4 is 4.74 Å². The molecule has 7 heteroatoms. The van der Waals surface area contributed by atoms with Crippen LogP contribution in [0.4, 0.5) is 8.78 Å². The van der Waals surface area contributed by atoms with Gasteiger partial charge in [-0.15, -0.1) is 11.8 Å². The van der Waals surface area contributed by atoms with E-state index < -0.39 is 6.17 Å². The zero-order valence-electron chi connectivity index (χ0n) is 19.5. The lowest BCUT2D eigenvalue weighted by molar-refractivity contribution is 0.0672. The molecule has 2 heterocycles. The minimum absolute atomic E-state index is 0.116. The van der Waals surface area contributed by atoms with Gasteiger partial charge in [-0.25, -0.2) is 8.78 Å². The fourth-order valence-corrected chi connectivity index (χ4v) is 5.81. The molecule has 1 N–H and O–H groups in total. The second kappa shape index (κ2) is 12.0. The average Bonchev–Trinajstić information content (AvgIpc) is 2.87. The summed E-state index contributed by atoms with van der Waals surface area (Å²) >= 11 is 1.65. The molecule has 0 bridgehead atoms. The number of fused-ring (bicyclic) bond motifs is 1. The van der Waals surface area contributed by atoms with E-state index in [1.165, 1.54) is 6.07 Å². The summed E-state index contributed by atoms with van der Waals surface area (Å²) in [5.74, 6) is 1.80. The van der Waals surface area contributed by atoms with Crippen molar-refractivity contribution in [1.29, 1.82) is 0 Å². The number of likely N-dealkylation sites (tertiary alicyclic amines) is 1. The molecular weight excluding hydrogens is 454 g/mol. The highest BCUT2D eigenvalue weighted by molar-refractivity contribution is 7.99. The monoisotopic (exact) mass is 486 g/mol. The highest BCUT2D eigenvalue weighted by Crippen LogP contribution is 2.35. The molecule has 3 aromatic rings. The minimum atomic E-state index is -1.09. The van der Waals surface area contributed by atoms with Gasteiger partial charge in [-0.2, -0.15) is 0 Å². The van der Waals surface area contributed by atoms with Crippen LogP contribution in [-0.2, 0) is 0 Å². The fraction of sp³-hybridized carbons (Fsp3) is 0.444. The lowest BCUT2D eigenvalue weighted by Crippen LogP contribution is -2.43. The van der Waals surface area contributed by atoms with E-state index in [4.69, 9.17) is 4.74 Å². The van der Waals surface area contributed by atoms with Crippen molar-refractivity contribution in [2.75, 3.05) is 39.1 Å². The average molecular weight is 487 g/mol. The maximum Gasteiger partial charge on any atom is 0.126 e. The Morgan fingerprint density at radius 1 is 1.21 bits per heavy atom. The van der Waals surface area contributed by atoms with Gasteiger partial charge in [0.15, 0.2) is 0 Å². The van der Waals surface area contributed by atoms with Crippen molar-refractivity contribution in [2.45, 2.75) is 30.3 Å². The third kappa shape index (κ3) is 6.26. The molecule has 0 amide bonds. The zero-order valence-corrected chi connectivity index (χ0v) is 20.3. The molecule has 1 saturated heterocycles. The van der Waals surface area contributed by atoms with E-state index in [0.29, 0.717) is 23.7 Å². The molecule has 0 spiro atoms. The van der Waals surface area contributed by atoms with E-state index >= 15 is 4.39 Å². The van der Waals surface area contributed by atoms with Gasteiger partial charge in [0.1, 0.15) is 17.7 Å². The van der Waals surface area contributed by atoms with Gasteiger partial charge in [0.05, 0.1) is 12.6 Å². The number of piperidine rings is 1. The SMILES string of the molecule is COc1ccc2nccc([C@@H](F)CC[C@@H]3CCN(CCSc4cccc(F)c4)C[C@@H]3CO)c2c1. The summed E-state index contributed by atoms with van der Waals surface area (Å²) in [6.45, 7) is 2.76. The molecule has 182 valence electrons. The van der Waals surface area contributed by atoms with E-state index in [1.54, 1.807) is 43.3 Å². The topological polar surface area (TPSA) is 45.6 Å². The first kappa shape index (κ1) is 24.9. The third-order valence-corrected chi connectivity index (χ3v) is 7.77. The van der Waals surface area contributed by atoms with Crippen molar-refractivity contribution in [2.24, 2.45) is 11.8 Å². The Kier molecular flexibility index (Phi) is 8.75. The molecule has 0 saturated carbocycles. The molecule has 4 nitrogen and oxygen atoms in total. The molecule has 0 aliphatic carbocycles. The number of benzene rings is 2. The van der Waals surface area contributed by atoms with Gasteiger partial charge < -0.3 is 14.7 Å². The molecule has 3 atom stereocenters. The molecule has 34 heavy (non-hydrogen) atoms. The molecule has 1 aliphatic heterocycles. The minimum Gasteiger partial charge on any atom is -0.497 e. The van der Waals surface area contributed by atoms with Crippen LogP contribution in [0.5, 0.6) is 5.75 Å². The lowest BCUT2D eigenvalue weighted by atomic mass is 9.81. The molecule has 1 aromatic heterocycles. The quantitative estimate of drug-likeness (QED) is 0.362. The molecule has 4 rings (SSSR count). The van der Waals surface area contributed by atoms with Crippen LogP contribution in [-0.4, -0.2) is 54.1 Å². The number of aromatic nitrogens is 1. The normalized spacial score (nSPS) is 19.9. The number of pyridine rings is 1. The van der Waals surface area contributed by atoms with Crippen LogP contribution in [0.3, 0.4) is 0 Å². The largest absolute Gasteiger partial charge is 0.497 e. The Balaban J connectivity index is 1.29. The number of alkyl halides is 1. The van der Waals surface area contributed by atoms with Crippen molar-refractivity contribution in [3.63, 3.8) is 0 Å². The van der Waals surface area contributed by atoms with Gasteiger partial charge in [0.2, 0.25) is 0 Å². The Hall–Kier alpha value is -2.22. The molecule has 0 radical (unpaired) electrons. The fourth-order valence-electron chi connectivity index (χ4n) is 4.86. The second-order valence-electron chi connectivity index (χ2n) is 8.93.